The Bertz CT molecular complexity index is 410. The second kappa shape index (κ2) is 7.92. The third kappa shape index (κ3) is 5.09. The normalized spacial score (nSPS) is 19.3. The Morgan fingerprint density at radius 3 is 2.57 bits per heavy atom. The zero-order chi connectivity index (χ0) is 15.2. The summed E-state index contributed by atoms with van der Waals surface area (Å²) in [5.41, 5.74) is 0.997. The van der Waals surface area contributed by atoms with Crippen molar-refractivity contribution in [1.29, 1.82) is 0 Å². The van der Waals surface area contributed by atoms with Gasteiger partial charge in [0.25, 0.3) is 0 Å². The highest BCUT2D eigenvalue weighted by Crippen LogP contribution is 2.12. The van der Waals surface area contributed by atoms with Crippen LogP contribution in [0.2, 0.25) is 0 Å². The molecule has 0 bridgehead atoms. The summed E-state index contributed by atoms with van der Waals surface area (Å²) >= 11 is 0. The molecule has 0 saturated carbocycles. The fraction of sp³-hybridized carbons (Fsp3) is 0.812. The van der Waals surface area contributed by atoms with Crippen LogP contribution >= 0.6 is 0 Å². The molecule has 1 aromatic heterocycles. The largest absolute Gasteiger partial charge is 0.360 e. The van der Waals surface area contributed by atoms with Gasteiger partial charge in [0, 0.05) is 50.9 Å². The van der Waals surface area contributed by atoms with Crippen LogP contribution in [0.15, 0.2) is 10.6 Å². The second-order valence-corrected chi connectivity index (χ2v) is 6.39. The van der Waals surface area contributed by atoms with Crippen LogP contribution in [-0.2, 0) is 13.1 Å². The van der Waals surface area contributed by atoms with Crippen LogP contribution in [0.1, 0.15) is 45.6 Å². The molecule has 120 valence electrons. The molecular formula is C16H30N4O. The van der Waals surface area contributed by atoms with E-state index >= 15 is 0 Å². The van der Waals surface area contributed by atoms with E-state index in [9.17, 15) is 0 Å². The molecule has 2 rings (SSSR count). The Hall–Kier alpha value is -0.910. The first-order valence-corrected chi connectivity index (χ1v) is 8.22. The molecule has 1 unspecified atom stereocenters. The van der Waals surface area contributed by atoms with Crippen molar-refractivity contribution in [3.63, 3.8) is 0 Å². The minimum Gasteiger partial charge on any atom is -0.360 e. The summed E-state index contributed by atoms with van der Waals surface area (Å²) in [6.07, 6.45) is 1.23. The Kier molecular flexibility index (Phi) is 6.21. The van der Waals surface area contributed by atoms with Crippen LogP contribution in [0, 0.1) is 0 Å². The van der Waals surface area contributed by atoms with Crippen LogP contribution in [0.25, 0.3) is 0 Å². The van der Waals surface area contributed by atoms with Crippen molar-refractivity contribution in [3.8, 4) is 0 Å². The molecule has 1 saturated heterocycles. The van der Waals surface area contributed by atoms with Gasteiger partial charge < -0.3 is 9.84 Å². The quantitative estimate of drug-likeness (QED) is 0.834. The average Bonchev–Trinajstić information content (AvgIpc) is 2.92. The van der Waals surface area contributed by atoms with E-state index in [4.69, 9.17) is 4.52 Å². The average molecular weight is 294 g/mol. The van der Waals surface area contributed by atoms with Crippen molar-refractivity contribution in [2.24, 2.45) is 0 Å². The van der Waals surface area contributed by atoms with Crippen LogP contribution in [0.3, 0.4) is 0 Å². The van der Waals surface area contributed by atoms with E-state index in [0.717, 1.165) is 50.7 Å². The van der Waals surface area contributed by atoms with Gasteiger partial charge in [0.15, 0.2) is 5.76 Å². The number of aromatic nitrogens is 1. The summed E-state index contributed by atoms with van der Waals surface area (Å²) in [5, 5.41) is 7.50. The SMILES string of the molecule is CCC(C)N1CCN(Cc2cc(CNC(C)C)no2)CC1. The van der Waals surface area contributed by atoms with E-state index in [1.165, 1.54) is 6.42 Å². The van der Waals surface area contributed by atoms with E-state index in [0.29, 0.717) is 12.1 Å². The lowest BCUT2D eigenvalue weighted by Gasteiger charge is -2.37. The highest BCUT2D eigenvalue weighted by Gasteiger charge is 2.21. The van der Waals surface area contributed by atoms with Crippen LogP contribution < -0.4 is 5.32 Å². The molecule has 5 nitrogen and oxygen atoms in total. The van der Waals surface area contributed by atoms with Crippen molar-refractivity contribution in [2.75, 3.05) is 26.2 Å². The molecule has 21 heavy (non-hydrogen) atoms. The van der Waals surface area contributed by atoms with E-state index in [1.807, 2.05) is 0 Å². The maximum atomic E-state index is 5.45. The number of hydrogen-bond donors (Lipinski definition) is 1. The van der Waals surface area contributed by atoms with E-state index < -0.39 is 0 Å². The first-order valence-electron chi connectivity index (χ1n) is 8.22. The Morgan fingerprint density at radius 1 is 1.24 bits per heavy atom. The van der Waals surface area contributed by atoms with Crippen LogP contribution in [0.4, 0.5) is 0 Å². The number of hydrogen-bond acceptors (Lipinski definition) is 5. The smallest absolute Gasteiger partial charge is 0.151 e. The summed E-state index contributed by atoms with van der Waals surface area (Å²) in [7, 11) is 0. The molecule has 1 aliphatic rings. The van der Waals surface area contributed by atoms with Gasteiger partial charge >= 0.3 is 0 Å². The molecule has 1 aromatic rings. The number of piperazine rings is 1. The fourth-order valence-corrected chi connectivity index (χ4v) is 2.66. The fourth-order valence-electron chi connectivity index (χ4n) is 2.66. The van der Waals surface area contributed by atoms with Gasteiger partial charge in [-0.1, -0.05) is 25.9 Å². The number of nitrogens with zero attached hydrogens (tertiary/aromatic N) is 3. The molecule has 0 radical (unpaired) electrons. The van der Waals surface area contributed by atoms with E-state index in [1.54, 1.807) is 0 Å². The van der Waals surface area contributed by atoms with Crippen molar-refractivity contribution in [1.82, 2.24) is 20.3 Å². The Labute approximate surface area is 128 Å². The van der Waals surface area contributed by atoms with Gasteiger partial charge in [-0.3, -0.25) is 9.80 Å². The zero-order valence-electron chi connectivity index (χ0n) is 13.9. The van der Waals surface area contributed by atoms with Gasteiger partial charge in [-0.15, -0.1) is 0 Å². The van der Waals surface area contributed by atoms with Crippen molar-refractivity contribution < 1.29 is 4.52 Å². The van der Waals surface area contributed by atoms with Gasteiger partial charge in [-0.05, 0) is 13.3 Å². The third-order valence-electron chi connectivity index (χ3n) is 4.30. The molecule has 1 fully saturated rings. The summed E-state index contributed by atoms with van der Waals surface area (Å²) in [6.45, 7) is 15.1. The lowest BCUT2D eigenvalue weighted by Crippen LogP contribution is -2.48. The molecule has 1 N–H and O–H groups in total. The Balaban J connectivity index is 1.76. The summed E-state index contributed by atoms with van der Waals surface area (Å²) in [5.74, 6) is 0.979. The zero-order valence-corrected chi connectivity index (χ0v) is 13.9. The summed E-state index contributed by atoms with van der Waals surface area (Å²) in [4.78, 5) is 5.04. The predicted octanol–water partition coefficient (Wildman–Crippen LogP) is 2.09. The summed E-state index contributed by atoms with van der Waals surface area (Å²) in [6, 6.07) is 3.25. The molecule has 0 aliphatic carbocycles. The van der Waals surface area contributed by atoms with Gasteiger partial charge in [0.2, 0.25) is 0 Å². The number of nitrogens with one attached hydrogen (secondary N) is 1. The molecule has 0 spiro atoms. The highest BCUT2D eigenvalue weighted by atomic mass is 16.5. The number of rotatable bonds is 7. The van der Waals surface area contributed by atoms with Crippen molar-refractivity contribution in [3.05, 3.63) is 17.5 Å². The lowest BCUT2D eigenvalue weighted by molar-refractivity contribution is 0.0904. The Morgan fingerprint density at radius 2 is 1.95 bits per heavy atom. The molecule has 1 atom stereocenters. The first kappa shape index (κ1) is 16.5. The summed E-state index contributed by atoms with van der Waals surface area (Å²) < 4.78 is 5.45. The van der Waals surface area contributed by atoms with Crippen LogP contribution in [0.5, 0.6) is 0 Å². The topological polar surface area (TPSA) is 44.5 Å². The lowest BCUT2D eigenvalue weighted by atomic mass is 10.2. The molecule has 2 heterocycles. The van der Waals surface area contributed by atoms with Crippen LogP contribution in [-0.4, -0.2) is 53.2 Å². The van der Waals surface area contributed by atoms with Gasteiger partial charge in [0.05, 0.1) is 12.2 Å². The van der Waals surface area contributed by atoms with Crippen molar-refractivity contribution in [2.45, 2.75) is 59.3 Å². The first-order chi connectivity index (χ1) is 10.1. The maximum absolute atomic E-state index is 5.45. The second-order valence-electron chi connectivity index (χ2n) is 6.39. The van der Waals surface area contributed by atoms with E-state index in [-0.39, 0.29) is 0 Å². The molecule has 1 aliphatic heterocycles. The molecule has 5 heteroatoms. The molecular weight excluding hydrogens is 264 g/mol. The van der Waals surface area contributed by atoms with Gasteiger partial charge in [-0.25, -0.2) is 0 Å². The van der Waals surface area contributed by atoms with Gasteiger partial charge in [0.1, 0.15) is 0 Å². The standard InChI is InChI=1S/C16H30N4O/c1-5-14(4)20-8-6-19(7-9-20)12-16-10-15(18-21-16)11-17-13(2)3/h10,13-14,17H,5-9,11-12H2,1-4H3. The predicted molar refractivity (Wildman–Crippen MR) is 85.1 cm³/mol. The van der Waals surface area contributed by atoms with Crippen molar-refractivity contribution >= 4 is 0 Å². The third-order valence-corrected chi connectivity index (χ3v) is 4.30. The molecule has 0 amide bonds. The van der Waals surface area contributed by atoms with Gasteiger partial charge in [-0.2, -0.15) is 0 Å². The maximum Gasteiger partial charge on any atom is 0.151 e. The monoisotopic (exact) mass is 294 g/mol. The minimum atomic E-state index is 0.471. The van der Waals surface area contributed by atoms with E-state index in [2.05, 4.69) is 54.0 Å². The molecule has 0 aromatic carbocycles. The minimum absolute atomic E-state index is 0.471. The highest BCUT2D eigenvalue weighted by molar-refractivity contribution is 5.05.